The van der Waals surface area contributed by atoms with Crippen LogP contribution in [-0.4, -0.2) is 0 Å². The van der Waals surface area contributed by atoms with Gasteiger partial charge in [0.25, 0.3) is 0 Å². The molecule has 0 bridgehead atoms. The maximum Gasteiger partial charge on any atom is 0.131 e. The van der Waals surface area contributed by atoms with Crippen molar-refractivity contribution in [3.05, 3.63) is 59.4 Å². The fourth-order valence-electron chi connectivity index (χ4n) is 5.00. The molecule has 0 atom stereocenters. The zero-order valence-electron chi connectivity index (χ0n) is 15.9. The highest BCUT2D eigenvalue weighted by Crippen LogP contribution is 2.35. The van der Waals surface area contributed by atoms with E-state index in [1.165, 1.54) is 81.8 Å². The van der Waals surface area contributed by atoms with Crippen LogP contribution in [0.5, 0.6) is 0 Å². The molecule has 26 heavy (non-hydrogen) atoms. The van der Waals surface area contributed by atoms with Gasteiger partial charge in [-0.1, -0.05) is 87.8 Å². The molecule has 2 aliphatic rings. The van der Waals surface area contributed by atoms with Gasteiger partial charge in [0.15, 0.2) is 0 Å². The van der Waals surface area contributed by atoms with E-state index in [1.54, 1.807) is 6.07 Å². The average molecular weight is 351 g/mol. The van der Waals surface area contributed by atoms with E-state index in [0.29, 0.717) is 5.92 Å². The summed E-state index contributed by atoms with van der Waals surface area (Å²) in [5.74, 6) is 1.35. The minimum Gasteiger partial charge on any atom is -0.206 e. The molecule has 0 aliphatic heterocycles. The molecule has 2 aromatic rings. The molecule has 4 rings (SSSR count). The standard InChI is InChI=1S/C25H31F/c26-25-18-23(21-9-5-2-6-10-21)15-16-24(25)22-13-11-20(12-14-22)17-19-7-3-1-4-8-19/h11-16,18-19,21H,1-10,17H2. The summed E-state index contributed by atoms with van der Waals surface area (Å²) in [5, 5.41) is 0. The predicted octanol–water partition coefficient (Wildman–Crippen LogP) is 7.66. The largest absolute Gasteiger partial charge is 0.206 e. The summed E-state index contributed by atoms with van der Waals surface area (Å²) in [6.07, 6.45) is 14.5. The molecule has 0 saturated heterocycles. The third kappa shape index (κ3) is 4.19. The maximum absolute atomic E-state index is 14.8. The SMILES string of the molecule is Fc1cc(C2CCCCC2)ccc1-c1ccc(CC2CCCCC2)cc1. The summed E-state index contributed by atoms with van der Waals surface area (Å²) in [6.45, 7) is 0. The first-order chi connectivity index (χ1) is 12.8. The molecule has 2 fully saturated rings. The Morgan fingerprint density at radius 2 is 1.38 bits per heavy atom. The first kappa shape index (κ1) is 17.8. The summed E-state index contributed by atoms with van der Waals surface area (Å²) in [4.78, 5) is 0. The lowest BCUT2D eigenvalue weighted by Gasteiger charge is -2.22. The molecular formula is C25H31F. The van der Waals surface area contributed by atoms with E-state index in [9.17, 15) is 4.39 Å². The van der Waals surface area contributed by atoms with Crippen molar-refractivity contribution < 1.29 is 4.39 Å². The van der Waals surface area contributed by atoms with Gasteiger partial charge in [-0.05, 0) is 53.9 Å². The average Bonchev–Trinajstić information content (AvgIpc) is 2.70. The molecule has 2 aliphatic carbocycles. The van der Waals surface area contributed by atoms with E-state index in [-0.39, 0.29) is 5.82 Å². The third-order valence-electron chi connectivity index (χ3n) is 6.58. The number of rotatable bonds is 4. The van der Waals surface area contributed by atoms with Gasteiger partial charge in [-0.3, -0.25) is 0 Å². The highest BCUT2D eigenvalue weighted by molar-refractivity contribution is 5.65. The van der Waals surface area contributed by atoms with E-state index < -0.39 is 0 Å². The lowest BCUT2D eigenvalue weighted by molar-refractivity contribution is 0.356. The van der Waals surface area contributed by atoms with Crippen molar-refractivity contribution in [1.82, 2.24) is 0 Å². The van der Waals surface area contributed by atoms with Crippen LogP contribution in [0.2, 0.25) is 0 Å². The van der Waals surface area contributed by atoms with E-state index >= 15 is 0 Å². The Labute approximate surface area is 157 Å². The molecule has 138 valence electrons. The predicted molar refractivity (Wildman–Crippen MR) is 108 cm³/mol. The van der Waals surface area contributed by atoms with Crippen LogP contribution in [0.4, 0.5) is 4.39 Å². The fourth-order valence-corrected chi connectivity index (χ4v) is 5.00. The molecular weight excluding hydrogens is 319 g/mol. The van der Waals surface area contributed by atoms with Crippen molar-refractivity contribution in [2.75, 3.05) is 0 Å². The van der Waals surface area contributed by atoms with Gasteiger partial charge >= 0.3 is 0 Å². The molecule has 0 nitrogen and oxygen atoms in total. The second kappa shape index (κ2) is 8.37. The van der Waals surface area contributed by atoms with Crippen LogP contribution < -0.4 is 0 Å². The molecule has 0 N–H and O–H groups in total. The summed E-state index contributed by atoms with van der Waals surface area (Å²) >= 11 is 0. The number of benzene rings is 2. The zero-order chi connectivity index (χ0) is 17.8. The molecule has 0 heterocycles. The summed E-state index contributed by atoms with van der Waals surface area (Å²) in [7, 11) is 0. The molecule has 2 saturated carbocycles. The highest BCUT2D eigenvalue weighted by atomic mass is 19.1. The molecule has 1 heteroatoms. The van der Waals surface area contributed by atoms with Crippen LogP contribution in [0.1, 0.15) is 81.3 Å². The van der Waals surface area contributed by atoms with Gasteiger partial charge in [0.1, 0.15) is 5.82 Å². The van der Waals surface area contributed by atoms with E-state index in [2.05, 4.69) is 30.3 Å². The Morgan fingerprint density at radius 3 is 2.04 bits per heavy atom. The number of hydrogen-bond donors (Lipinski definition) is 0. The van der Waals surface area contributed by atoms with Crippen molar-refractivity contribution in [3.8, 4) is 11.1 Å². The fraction of sp³-hybridized carbons (Fsp3) is 0.520. The Kier molecular flexibility index (Phi) is 5.72. The van der Waals surface area contributed by atoms with Crippen molar-refractivity contribution in [2.45, 2.75) is 76.5 Å². The first-order valence-corrected chi connectivity index (χ1v) is 10.7. The third-order valence-corrected chi connectivity index (χ3v) is 6.58. The molecule has 0 aromatic heterocycles. The van der Waals surface area contributed by atoms with Gasteiger partial charge < -0.3 is 0 Å². The minimum atomic E-state index is -0.0619. The number of halogens is 1. The maximum atomic E-state index is 14.8. The number of hydrogen-bond acceptors (Lipinski definition) is 0. The Morgan fingerprint density at radius 1 is 0.731 bits per heavy atom. The van der Waals surface area contributed by atoms with Crippen molar-refractivity contribution in [3.63, 3.8) is 0 Å². The molecule has 0 spiro atoms. The van der Waals surface area contributed by atoms with Gasteiger partial charge in [0, 0.05) is 5.56 Å². The van der Waals surface area contributed by atoms with Crippen LogP contribution >= 0.6 is 0 Å². The minimum absolute atomic E-state index is 0.0619. The van der Waals surface area contributed by atoms with Gasteiger partial charge in [-0.15, -0.1) is 0 Å². The highest BCUT2D eigenvalue weighted by Gasteiger charge is 2.17. The van der Waals surface area contributed by atoms with Crippen LogP contribution in [0.25, 0.3) is 11.1 Å². The molecule has 2 aromatic carbocycles. The second-order valence-electron chi connectivity index (χ2n) is 8.48. The normalized spacial score (nSPS) is 19.6. The van der Waals surface area contributed by atoms with Crippen LogP contribution in [0, 0.1) is 11.7 Å². The van der Waals surface area contributed by atoms with E-state index in [0.717, 1.165) is 17.0 Å². The van der Waals surface area contributed by atoms with Crippen molar-refractivity contribution in [1.29, 1.82) is 0 Å². The van der Waals surface area contributed by atoms with Crippen LogP contribution in [-0.2, 0) is 6.42 Å². The first-order valence-electron chi connectivity index (χ1n) is 10.7. The Hall–Kier alpha value is -1.63. The van der Waals surface area contributed by atoms with Crippen molar-refractivity contribution in [2.24, 2.45) is 5.92 Å². The van der Waals surface area contributed by atoms with E-state index in [1.807, 2.05) is 6.07 Å². The van der Waals surface area contributed by atoms with Gasteiger partial charge in [-0.2, -0.15) is 0 Å². The summed E-state index contributed by atoms with van der Waals surface area (Å²) in [6, 6.07) is 14.6. The van der Waals surface area contributed by atoms with Crippen molar-refractivity contribution >= 4 is 0 Å². The summed E-state index contributed by atoms with van der Waals surface area (Å²) in [5.41, 5.74) is 4.35. The zero-order valence-corrected chi connectivity index (χ0v) is 15.9. The topological polar surface area (TPSA) is 0 Å². The monoisotopic (exact) mass is 350 g/mol. The van der Waals surface area contributed by atoms with Gasteiger partial charge in [0.2, 0.25) is 0 Å². The quantitative estimate of drug-likeness (QED) is 0.531. The second-order valence-corrected chi connectivity index (χ2v) is 8.48. The van der Waals surface area contributed by atoms with Gasteiger partial charge in [-0.25, -0.2) is 4.39 Å². The molecule has 0 amide bonds. The molecule has 0 radical (unpaired) electrons. The van der Waals surface area contributed by atoms with Crippen LogP contribution in [0.15, 0.2) is 42.5 Å². The lowest BCUT2D eigenvalue weighted by Crippen LogP contribution is -2.09. The lowest BCUT2D eigenvalue weighted by atomic mass is 9.83. The van der Waals surface area contributed by atoms with Crippen LogP contribution in [0.3, 0.4) is 0 Å². The van der Waals surface area contributed by atoms with Gasteiger partial charge in [0.05, 0.1) is 0 Å². The summed E-state index contributed by atoms with van der Waals surface area (Å²) < 4.78 is 14.8. The Balaban J connectivity index is 1.46. The van der Waals surface area contributed by atoms with E-state index in [4.69, 9.17) is 0 Å². The molecule has 0 unspecified atom stereocenters. The smallest absolute Gasteiger partial charge is 0.131 e. The Bertz CT molecular complexity index is 703.